The maximum Gasteiger partial charge on any atom is 0.343 e. The molecule has 0 fully saturated rings. The number of carbonyl (C=O) groups excluding carboxylic acids is 1. The number of rotatable bonds is 3. The summed E-state index contributed by atoms with van der Waals surface area (Å²) in [7, 11) is 1.36. The molecule has 2 heterocycles. The zero-order valence-corrected chi connectivity index (χ0v) is 23.0. The maximum atomic E-state index is 14.0. The lowest BCUT2D eigenvalue weighted by Gasteiger charge is -2.48. The van der Waals surface area contributed by atoms with Crippen molar-refractivity contribution in [2.24, 2.45) is 4.99 Å². The molecule has 6 nitrogen and oxygen atoms in total. The van der Waals surface area contributed by atoms with E-state index in [0.717, 1.165) is 22.3 Å². The lowest BCUT2D eigenvalue weighted by atomic mass is 9.65. The van der Waals surface area contributed by atoms with E-state index in [0.29, 0.717) is 11.3 Å². The van der Waals surface area contributed by atoms with Crippen LogP contribution in [0, 0.1) is 0 Å². The number of aromatic hydroxyl groups is 1. The van der Waals surface area contributed by atoms with Crippen LogP contribution in [0.5, 0.6) is 11.5 Å². The highest BCUT2D eigenvalue weighted by Gasteiger charge is 2.73. The van der Waals surface area contributed by atoms with Gasteiger partial charge in [0.25, 0.3) is 5.54 Å². The molecule has 0 saturated carbocycles. The van der Waals surface area contributed by atoms with Crippen LogP contribution in [0.15, 0.2) is 71.7 Å². The molecule has 3 aromatic carbocycles. The maximum absolute atomic E-state index is 14.0. The predicted octanol–water partition coefficient (Wildman–Crippen LogP) is 6.33. The van der Waals surface area contributed by atoms with Gasteiger partial charge in [0.2, 0.25) is 0 Å². The molecular weight excluding hydrogens is 478 g/mol. The molecular formula is C32H35NO5. The topological polar surface area (TPSA) is 77.4 Å². The third kappa shape index (κ3) is 3.61. The normalized spacial score (nSPS) is 24.1. The minimum absolute atomic E-state index is 0.265. The van der Waals surface area contributed by atoms with Gasteiger partial charge in [-0.15, -0.1) is 0 Å². The Morgan fingerprint density at radius 1 is 0.921 bits per heavy atom. The summed E-state index contributed by atoms with van der Waals surface area (Å²) in [6.07, 6.45) is 1.30. The first kappa shape index (κ1) is 25.8. The number of phenols is 1. The number of hydrogen-bond acceptors (Lipinski definition) is 6. The molecule has 0 unspecified atom stereocenters. The second kappa shape index (κ2) is 8.62. The third-order valence-electron chi connectivity index (χ3n) is 7.61. The number of phenolic OH excluding ortho intramolecular Hbond substituents is 1. The number of carbonyl (C=O) groups is 1. The van der Waals surface area contributed by atoms with Crippen LogP contribution in [-0.2, 0) is 30.9 Å². The van der Waals surface area contributed by atoms with Crippen molar-refractivity contribution in [3.8, 4) is 11.5 Å². The SMILES string of the molecule is COC(=O)[C@]12N=CO[C@@]1(c1ccccc1)Oc1ccccc1[C@H]2c1cc(C(C)(C)C)c(O)c(C(C)(C)C)c1. The molecule has 0 aliphatic carbocycles. The third-order valence-corrected chi connectivity index (χ3v) is 7.61. The average Bonchev–Trinajstić information content (AvgIpc) is 3.27. The Balaban J connectivity index is 1.92. The van der Waals surface area contributed by atoms with Gasteiger partial charge in [-0.1, -0.05) is 102 Å². The zero-order valence-electron chi connectivity index (χ0n) is 23.0. The van der Waals surface area contributed by atoms with Gasteiger partial charge in [-0.3, -0.25) is 0 Å². The molecule has 0 bridgehead atoms. The van der Waals surface area contributed by atoms with Gasteiger partial charge in [-0.2, -0.15) is 0 Å². The lowest BCUT2D eigenvalue weighted by Crippen LogP contribution is -2.63. The first-order valence-electron chi connectivity index (χ1n) is 12.9. The predicted molar refractivity (Wildman–Crippen MR) is 147 cm³/mol. The number of aliphatic imine (C=N–C) groups is 1. The molecule has 0 saturated heterocycles. The lowest BCUT2D eigenvalue weighted by molar-refractivity contribution is -0.199. The second-order valence-corrected chi connectivity index (χ2v) is 12.1. The molecule has 0 aromatic heterocycles. The number of methoxy groups -OCH3 is 1. The van der Waals surface area contributed by atoms with E-state index in [1.54, 1.807) is 0 Å². The van der Waals surface area contributed by atoms with Crippen LogP contribution in [0.1, 0.15) is 75.3 Å². The summed E-state index contributed by atoms with van der Waals surface area (Å²) >= 11 is 0. The van der Waals surface area contributed by atoms with Gasteiger partial charge in [0, 0.05) is 11.1 Å². The quantitative estimate of drug-likeness (QED) is 0.414. The molecule has 2 aliphatic heterocycles. The molecule has 2 aliphatic rings. The van der Waals surface area contributed by atoms with Crippen LogP contribution in [0.25, 0.3) is 0 Å². The van der Waals surface area contributed by atoms with Crippen LogP contribution in [0.4, 0.5) is 0 Å². The van der Waals surface area contributed by atoms with E-state index in [-0.39, 0.29) is 16.6 Å². The molecule has 6 heteroatoms. The van der Waals surface area contributed by atoms with Crippen molar-refractivity contribution in [2.75, 3.05) is 7.11 Å². The Hall–Kier alpha value is -3.80. The minimum atomic E-state index is -1.63. The van der Waals surface area contributed by atoms with Crippen molar-refractivity contribution in [1.82, 2.24) is 0 Å². The van der Waals surface area contributed by atoms with Crippen molar-refractivity contribution < 1.29 is 24.1 Å². The van der Waals surface area contributed by atoms with Gasteiger partial charge in [0.05, 0.1) is 13.0 Å². The van der Waals surface area contributed by atoms with E-state index in [1.165, 1.54) is 13.5 Å². The molecule has 0 radical (unpaired) electrons. The number of fused-ring (bicyclic) bond motifs is 2. The average molecular weight is 514 g/mol. The van der Waals surface area contributed by atoms with Crippen molar-refractivity contribution >= 4 is 12.4 Å². The molecule has 1 N–H and O–H groups in total. The van der Waals surface area contributed by atoms with Crippen molar-refractivity contribution in [2.45, 2.75) is 69.6 Å². The Kier molecular flexibility index (Phi) is 5.86. The number of hydrogen-bond donors (Lipinski definition) is 1. The minimum Gasteiger partial charge on any atom is -0.507 e. The molecule has 3 aromatic rings. The highest BCUT2D eigenvalue weighted by atomic mass is 16.7. The Morgan fingerprint density at radius 3 is 2.08 bits per heavy atom. The molecule has 38 heavy (non-hydrogen) atoms. The van der Waals surface area contributed by atoms with Gasteiger partial charge >= 0.3 is 11.8 Å². The van der Waals surface area contributed by atoms with E-state index >= 15 is 0 Å². The van der Waals surface area contributed by atoms with E-state index in [2.05, 4.69) is 41.5 Å². The molecule has 3 atom stereocenters. The van der Waals surface area contributed by atoms with Crippen molar-refractivity contribution in [3.05, 3.63) is 94.5 Å². The molecule has 0 spiro atoms. The van der Waals surface area contributed by atoms with Crippen LogP contribution in [-0.4, -0.2) is 30.1 Å². The van der Waals surface area contributed by atoms with Gasteiger partial charge in [-0.05, 0) is 33.6 Å². The smallest absolute Gasteiger partial charge is 0.343 e. The highest BCUT2D eigenvalue weighted by molar-refractivity contribution is 5.90. The summed E-state index contributed by atoms with van der Waals surface area (Å²) in [5, 5.41) is 11.4. The van der Waals surface area contributed by atoms with Crippen LogP contribution in [0.2, 0.25) is 0 Å². The number of para-hydroxylation sites is 1. The van der Waals surface area contributed by atoms with E-state index < -0.39 is 23.2 Å². The summed E-state index contributed by atoms with van der Waals surface area (Å²) < 4.78 is 18.3. The number of benzene rings is 3. The van der Waals surface area contributed by atoms with Gasteiger partial charge in [0.15, 0.2) is 6.40 Å². The Bertz CT molecular complexity index is 1380. The Labute approximate surface area is 224 Å². The fourth-order valence-electron chi connectivity index (χ4n) is 5.77. The summed E-state index contributed by atoms with van der Waals surface area (Å²) in [5.41, 5.74) is 1.48. The van der Waals surface area contributed by atoms with Crippen LogP contribution in [0.3, 0.4) is 0 Å². The first-order valence-corrected chi connectivity index (χ1v) is 12.9. The summed E-state index contributed by atoms with van der Waals surface area (Å²) in [6.45, 7) is 12.4. The zero-order chi connectivity index (χ0) is 27.5. The number of nitrogens with zero attached hydrogens (tertiary/aromatic N) is 1. The summed E-state index contributed by atoms with van der Waals surface area (Å²) in [5.74, 6) is -1.95. The fraction of sp³-hybridized carbons (Fsp3) is 0.375. The molecule has 5 rings (SSSR count). The van der Waals surface area contributed by atoms with E-state index in [1.807, 2.05) is 66.7 Å². The number of ether oxygens (including phenoxy) is 3. The summed E-state index contributed by atoms with van der Waals surface area (Å²) in [6, 6.07) is 21.0. The Morgan fingerprint density at radius 2 is 1.50 bits per heavy atom. The molecule has 198 valence electrons. The van der Waals surface area contributed by atoms with Gasteiger partial charge < -0.3 is 19.3 Å². The van der Waals surface area contributed by atoms with Crippen molar-refractivity contribution in [1.29, 1.82) is 0 Å². The fourth-order valence-corrected chi connectivity index (χ4v) is 5.77. The van der Waals surface area contributed by atoms with Gasteiger partial charge in [-0.25, -0.2) is 9.79 Å². The van der Waals surface area contributed by atoms with Gasteiger partial charge in [0.1, 0.15) is 11.5 Å². The largest absolute Gasteiger partial charge is 0.507 e. The van der Waals surface area contributed by atoms with Crippen molar-refractivity contribution in [3.63, 3.8) is 0 Å². The monoisotopic (exact) mass is 513 g/mol. The first-order chi connectivity index (χ1) is 17.9. The number of esters is 1. The van der Waals surface area contributed by atoms with E-state index in [9.17, 15) is 9.90 Å². The second-order valence-electron chi connectivity index (χ2n) is 12.1. The van der Waals surface area contributed by atoms with E-state index in [4.69, 9.17) is 19.2 Å². The van der Waals surface area contributed by atoms with Crippen LogP contribution >= 0.6 is 0 Å². The highest BCUT2D eigenvalue weighted by Crippen LogP contribution is 2.60. The standard InChI is InChI=1S/C32H35NO5/c1-29(2,3)23-17-20(18-24(27(23)34)30(4,5)6)26-22-15-11-12-16-25(22)38-32(21-13-9-8-10-14-21)31(26,28(35)36-7)33-19-37-32/h8-19,26,34H,1-7H3/t26-,31+,32+/m1/s1. The summed E-state index contributed by atoms with van der Waals surface area (Å²) in [4.78, 5) is 18.8. The molecule has 0 amide bonds. The van der Waals surface area contributed by atoms with Crippen LogP contribution < -0.4 is 4.74 Å².